The number of aliphatic imine (C=N–C) groups is 1. The van der Waals surface area contributed by atoms with Crippen molar-refractivity contribution in [1.29, 1.82) is 0 Å². The molecular formula is C20H32N6O3. The second-order valence-electron chi connectivity index (χ2n) is 7.51. The summed E-state index contributed by atoms with van der Waals surface area (Å²) >= 11 is 0. The number of amides is 2. The molecule has 29 heavy (non-hydrogen) atoms. The van der Waals surface area contributed by atoms with Crippen LogP contribution < -0.4 is 11.1 Å². The predicted molar refractivity (Wildman–Crippen MR) is 110 cm³/mol. The summed E-state index contributed by atoms with van der Waals surface area (Å²) in [6.45, 7) is 8.71. The van der Waals surface area contributed by atoms with E-state index in [0.29, 0.717) is 18.8 Å². The number of nitrogens with zero attached hydrogens (tertiary/aromatic N) is 4. The lowest BCUT2D eigenvalue weighted by Crippen LogP contribution is -2.54. The number of carbonyl (C=O) groups is 2. The van der Waals surface area contributed by atoms with Crippen molar-refractivity contribution in [3.8, 4) is 0 Å². The Hall–Kier alpha value is -2.55. The molecule has 2 saturated heterocycles. The van der Waals surface area contributed by atoms with Crippen LogP contribution in [0.15, 0.2) is 21.5 Å². The first-order chi connectivity index (χ1) is 14.1. The van der Waals surface area contributed by atoms with E-state index in [0.717, 1.165) is 64.6 Å². The number of rotatable bonds is 6. The SMILES string of the molecule is CCNC(=NCc1ccc(C(N)=O)o1)N1CCN(CC(=O)N2CCCCC2)CC1. The first-order valence-corrected chi connectivity index (χ1v) is 10.5. The van der Waals surface area contributed by atoms with Gasteiger partial charge in [-0.15, -0.1) is 0 Å². The summed E-state index contributed by atoms with van der Waals surface area (Å²) < 4.78 is 5.40. The average molecular weight is 405 g/mol. The van der Waals surface area contributed by atoms with Gasteiger partial charge in [0.25, 0.3) is 5.91 Å². The third-order valence-corrected chi connectivity index (χ3v) is 5.36. The molecule has 9 nitrogen and oxygen atoms in total. The van der Waals surface area contributed by atoms with Gasteiger partial charge in [-0.05, 0) is 38.3 Å². The fraction of sp³-hybridized carbons (Fsp3) is 0.650. The van der Waals surface area contributed by atoms with Crippen molar-refractivity contribution in [2.45, 2.75) is 32.7 Å². The zero-order valence-electron chi connectivity index (χ0n) is 17.2. The van der Waals surface area contributed by atoms with E-state index in [1.165, 1.54) is 6.42 Å². The Balaban J connectivity index is 1.50. The van der Waals surface area contributed by atoms with Crippen LogP contribution >= 0.6 is 0 Å². The zero-order chi connectivity index (χ0) is 20.6. The van der Waals surface area contributed by atoms with Crippen LogP contribution in [-0.4, -0.2) is 84.8 Å². The van der Waals surface area contributed by atoms with Crippen molar-refractivity contribution < 1.29 is 14.0 Å². The summed E-state index contributed by atoms with van der Waals surface area (Å²) in [4.78, 5) is 34.7. The van der Waals surface area contributed by atoms with Crippen molar-refractivity contribution in [2.75, 3.05) is 52.4 Å². The second kappa shape index (κ2) is 10.3. The third-order valence-electron chi connectivity index (χ3n) is 5.36. The van der Waals surface area contributed by atoms with Crippen LogP contribution in [0.2, 0.25) is 0 Å². The maximum Gasteiger partial charge on any atom is 0.284 e. The zero-order valence-corrected chi connectivity index (χ0v) is 17.2. The van der Waals surface area contributed by atoms with Crippen LogP contribution in [0.25, 0.3) is 0 Å². The molecule has 0 aromatic carbocycles. The second-order valence-corrected chi connectivity index (χ2v) is 7.51. The maximum atomic E-state index is 12.5. The molecule has 0 unspecified atom stereocenters. The van der Waals surface area contributed by atoms with E-state index in [9.17, 15) is 9.59 Å². The van der Waals surface area contributed by atoms with Gasteiger partial charge in [0.2, 0.25) is 5.91 Å². The molecule has 0 bridgehead atoms. The summed E-state index contributed by atoms with van der Waals surface area (Å²) in [5.41, 5.74) is 5.22. The Labute approximate surface area is 171 Å². The van der Waals surface area contributed by atoms with Crippen LogP contribution in [0, 0.1) is 0 Å². The minimum Gasteiger partial charge on any atom is -0.454 e. The fourth-order valence-electron chi connectivity index (χ4n) is 3.73. The number of likely N-dealkylation sites (tertiary alicyclic amines) is 1. The highest BCUT2D eigenvalue weighted by atomic mass is 16.3. The number of furan rings is 1. The third kappa shape index (κ3) is 5.96. The lowest BCUT2D eigenvalue weighted by Gasteiger charge is -2.37. The van der Waals surface area contributed by atoms with Gasteiger partial charge in [-0.2, -0.15) is 0 Å². The largest absolute Gasteiger partial charge is 0.454 e. The predicted octanol–water partition coefficient (Wildman–Crippen LogP) is 0.474. The van der Waals surface area contributed by atoms with Crippen molar-refractivity contribution in [1.82, 2.24) is 20.0 Å². The number of piperazine rings is 1. The summed E-state index contributed by atoms with van der Waals surface area (Å²) in [5.74, 6) is 1.22. The number of primary amides is 1. The van der Waals surface area contributed by atoms with E-state index in [4.69, 9.17) is 10.2 Å². The number of hydrogen-bond acceptors (Lipinski definition) is 5. The van der Waals surface area contributed by atoms with Crippen molar-refractivity contribution in [2.24, 2.45) is 10.7 Å². The lowest BCUT2D eigenvalue weighted by molar-refractivity contribution is -0.133. The summed E-state index contributed by atoms with van der Waals surface area (Å²) in [6.07, 6.45) is 3.48. The molecule has 0 aliphatic carbocycles. The summed E-state index contributed by atoms with van der Waals surface area (Å²) in [5, 5.41) is 3.31. The van der Waals surface area contributed by atoms with Gasteiger partial charge in [0, 0.05) is 45.8 Å². The highest BCUT2D eigenvalue weighted by Gasteiger charge is 2.24. The molecule has 2 aliphatic heterocycles. The van der Waals surface area contributed by atoms with E-state index < -0.39 is 5.91 Å². The van der Waals surface area contributed by atoms with Crippen LogP contribution in [0.3, 0.4) is 0 Å². The lowest BCUT2D eigenvalue weighted by atomic mass is 10.1. The summed E-state index contributed by atoms with van der Waals surface area (Å²) in [6, 6.07) is 3.29. The molecule has 2 amide bonds. The molecule has 2 fully saturated rings. The monoisotopic (exact) mass is 404 g/mol. The van der Waals surface area contributed by atoms with Crippen LogP contribution in [0.5, 0.6) is 0 Å². The molecule has 160 valence electrons. The Kier molecular flexibility index (Phi) is 7.51. The van der Waals surface area contributed by atoms with Gasteiger partial charge in [-0.1, -0.05) is 0 Å². The van der Waals surface area contributed by atoms with Crippen LogP contribution in [0.1, 0.15) is 42.5 Å². The first kappa shape index (κ1) is 21.2. The molecule has 3 N–H and O–H groups in total. The Bertz CT molecular complexity index is 718. The average Bonchev–Trinajstić information content (AvgIpc) is 3.22. The number of nitrogens with one attached hydrogen (secondary N) is 1. The van der Waals surface area contributed by atoms with Crippen LogP contribution in [0.4, 0.5) is 0 Å². The smallest absolute Gasteiger partial charge is 0.284 e. The fourth-order valence-corrected chi connectivity index (χ4v) is 3.73. The molecule has 0 atom stereocenters. The molecule has 1 aromatic heterocycles. The highest BCUT2D eigenvalue weighted by Crippen LogP contribution is 2.11. The van der Waals surface area contributed by atoms with Gasteiger partial charge < -0.3 is 25.3 Å². The van der Waals surface area contributed by atoms with Gasteiger partial charge in [0.1, 0.15) is 12.3 Å². The molecule has 3 rings (SSSR count). The normalized spacial score (nSPS) is 18.7. The summed E-state index contributed by atoms with van der Waals surface area (Å²) in [7, 11) is 0. The first-order valence-electron chi connectivity index (χ1n) is 10.5. The Morgan fingerprint density at radius 1 is 1.07 bits per heavy atom. The van der Waals surface area contributed by atoms with Gasteiger partial charge in [-0.3, -0.25) is 14.5 Å². The molecule has 0 saturated carbocycles. The molecule has 9 heteroatoms. The molecule has 0 radical (unpaired) electrons. The van der Waals surface area contributed by atoms with Gasteiger partial charge >= 0.3 is 0 Å². The molecule has 0 spiro atoms. The quantitative estimate of drug-likeness (QED) is 0.527. The number of hydrogen-bond donors (Lipinski definition) is 2. The number of piperidine rings is 1. The molecule has 1 aromatic rings. The molecular weight excluding hydrogens is 372 g/mol. The number of guanidine groups is 1. The minimum atomic E-state index is -0.581. The van der Waals surface area contributed by atoms with Gasteiger partial charge in [0.15, 0.2) is 11.7 Å². The van der Waals surface area contributed by atoms with Gasteiger partial charge in [-0.25, -0.2) is 4.99 Å². The van der Waals surface area contributed by atoms with E-state index in [1.807, 2.05) is 11.8 Å². The van der Waals surface area contributed by atoms with Gasteiger partial charge in [0.05, 0.1) is 6.54 Å². The van der Waals surface area contributed by atoms with Crippen molar-refractivity contribution in [3.63, 3.8) is 0 Å². The van der Waals surface area contributed by atoms with E-state index in [2.05, 4.69) is 20.1 Å². The standard InChI is InChI=1S/C20H32N6O3/c1-2-22-20(23-14-16-6-7-17(29-16)19(21)28)26-12-10-24(11-13-26)15-18(27)25-8-4-3-5-9-25/h6-7H,2-5,8-15H2,1H3,(H2,21,28)(H,22,23). The van der Waals surface area contributed by atoms with Crippen molar-refractivity contribution >= 4 is 17.8 Å². The highest BCUT2D eigenvalue weighted by molar-refractivity contribution is 5.89. The van der Waals surface area contributed by atoms with Crippen LogP contribution in [-0.2, 0) is 11.3 Å². The van der Waals surface area contributed by atoms with E-state index in [-0.39, 0.29) is 11.7 Å². The van der Waals surface area contributed by atoms with E-state index >= 15 is 0 Å². The number of nitrogens with two attached hydrogens (primary N) is 1. The van der Waals surface area contributed by atoms with Crippen molar-refractivity contribution in [3.05, 3.63) is 23.7 Å². The Morgan fingerprint density at radius 3 is 2.41 bits per heavy atom. The van der Waals surface area contributed by atoms with E-state index in [1.54, 1.807) is 12.1 Å². The Morgan fingerprint density at radius 2 is 1.79 bits per heavy atom. The molecule has 2 aliphatic rings. The number of carbonyl (C=O) groups excluding carboxylic acids is 2. The minimum absolute atomic E-state index is 0.146. The molecule has 3 heterocycles. The maximum absolute atomic E-state index is 12.5. The topological polar surface area (TPSA) is 107 Å².